The van der Waals surface area contributed by atoms with E-state index < -0.39 is 5.97 Å². The molecule has 0 heterocycles. The molecule has 0 unspecified atom stereocenters. The minimum absolute atomic E-state index is 0.0294. The van der Waals surface area contributed by atoms with Crippen molar-refractivity contribution >= 4 is 11.9 Å². The van der Waals surface area contributed by atoms with Crippen molar-refractivity contribution in [3.05, 3.63) is 0 Å². The Morgan fingerprint density at radius 1 is 0.880 bits per heavy atom. The summed E-state index contributed by atoms with van der Waals surface area (Å²) >= 11 is 0. The van der Waals surface area contributed by atoms with E-state index in [0.29, 0.717) is 5.92 Å². The summed E-state index contributed by atoms with van der Waals surface area (Å²) in [6.07, 6.45) is 12.3. The van der Waals surface area contributed by atoms with Gasteiger partial charge >= 0.3 is 5.97 Å². The van der Waals surface area contributed by atoms with Crippen molar-refractivity contribution in [2.75, 3.05) is 13.1 Å². The van der Waals surface area contributed by atoms with Crippen LogP contribution in [-0.2, 0) is 9.59 Å². The molecule has 0 spiro atoms. The van der Waals surface area contributed by atoms with Crippen molar-refractivity contribution < 1.29 is 14.7 Å². The van der Waals surface area contributed by atoms with E-state index in [1.807, 2.05) is 0 Å². The van der Waals surface area contributed by atoms with Crippen molar-refractivity contribution in [2.24, 2.45) is 5.92 Å². The number of carbonyl (C=O) groups is 2. The molecular formula is C20H40N2O3. The summed E-state index contributed by atoms with van der Waals surface area (Å²) in [5.41, 5.74) is 0. The molecule has 0 fully saturated rings. The SMILES string of the molecule is CCCCCCCCCCCN[C@@H](CC(C)C)C(=O)NCCC(=O)O. The van der Waals surface area contributed by atoms with Crippen LogP contribution in [0.1, 0.15) is 91.4 Å². The highest BCUT2D eigenvalue weighted by Crippen LogP contribution is 2.10. The van der Waals surface area contributed by atoms with Gasteiger partial charge in [0.2, 0.25) is 5.91 Å². The van der Waals surface area contributed by atoms with Crippen molar-refractivity contribution in [3.8, 4) is 0 Å². The zero-order chi connectivity index (χ0) is 18.9. The number of amides is 1. The molecule has 5 nitrogen and oxygen atoms in total. The van der Waals surface area contributed by atoms with Gasteiger partial charge in [0.1, 0.15) is 0 Å². The number of carboxylic acids is 1. The lowest BCUT2D eigenvalue weighted by molar-refractivity contribution is -0.137. The van der Waals surface area contributed by atoms with E-state index in [4.69, 9.17) is 5.11 Å². The summed E-state index contributed by atoms with van der Waals surface area (Å²) in [5, 5.41) is 14.7. The molecular weight excluding hydrogens is 316 g/mol. The molecule has 1 amide bonds. The standard InChI is InChI=1S/C20H40N2O3/c1-4-5-6-7-8-9-10-11-12-14-21-18(16-17(2)3)20(25)22-15-13-19(23)24/h17-18,21H,4-16H2,1-3H3,(H,22,25)(H,23,24)/t18-/m0/s1. The first kappa shape index (κ1) is 23.9. The maximum atomic E-state index is 12.2. The summed E-state index contributed by atoms with van der Waals surface area (Å²) < 4.78 is 0. The normalized spacial score (nSPS) is 12.3. The molecule has 0 aliphatic carbocycles. The van der Waals surface area contributed by atoms with Crippen LogP contribution in [0.25, 0.3) is 0 Å². The van der Waals surface area contributed by atoms with E-state index in [0.717, 1.165) is 19.4 Å². The number of hydrogen-bond donors (Lipinski definition) is 3. The van der Waals surface area contributed by atoms with Crippen molar-refractivity contribution in [3.63, 3.8) is 0 Å². The number of nitrogens with one attached hydrogen (secondary N) is 2. The van der Waals surface area contributed by atoms with Gasteiger partial charge in [-0.05, 0) is 25.3 Å². The van der Waals surface area contributed by atoms with E-state index in [2.05, 4.69) is 31.4 Å². The quantitative estimate of drug-likeness (QED) is 0.343. The monoisotopic (exact) mass is 356 g/mol. The first-order valence-electron chi connectivity index (χ1n) is 10.2. The summed E-state index contributed by atoms with van der Waals surface area (Å²) in [5.74, 6) is -0.542. The summed E-state index contributed by atoms with van der Waals surface area (Å²) in [6, 6.07) is -0.220. The molecule has 0 aliphatic heterocycles. The lowest BCUT2D eigenvalue weighted by Crippen LogP contribution is -2.45. The van der Waals surface area contributed by atoms with Crippen LogP contribution >= 0.6 is 0 Å². The van der Waals surface area contributed by atoms with Gasteiger partial charge in [0.05, 0.1) is 12.5 Å². The smallest absolute Gasteiger partial charge is 0.305 e. The Bertz CT molecular complexity index is 346. The van der Waals surface area contributed by atoms with Gasteiger partial charge < -0.3 is 15.7 Å². The zero-order valence-electron chi connectivity index (χ0n) is 16.6. The molecule has 0 aromatic carbocycles. The van der Waals surface area contributed by atoms with E-state index in [-0.39, 0.29) is 24.9 Å². The lowest BCUT2D eigenvalue weighted by Gasteiger charge is -2.20. The third-order valence-corrected chi connectivity index (χ3v) is 4.33. The van der Waals surface area contributed by atoms with Gasteiger partial charge in [-0.2, -0.15) is 0 Å². The fourth-order valence-corrected chi connectivity index (χ4v) is 2.88. The molecule has 148 valence electrons. The Labute approximate surface area is 154 Å². The molecule has 0 saturated carbocycles. The predicted octanol–water partition coefficient (Wildman–Crippen LogP) is 4.11. The minimum Gasteiger partial charge on any atom is -0.481 e. The van der Waals surface area contributed by atoms with Crippen LogP contribution in [0.3, 0.4) is 0 Å². The fourth-order valence-electron chi connectivity index (χ4n) is 2.88. The van der Waals surface area contributed by atoms with Gasteiger partial charge in [0.15, 0.2) is 0 Å². The first-order valence-corrected chi connectivity index (χ1v) is 10.2. The van der Waals surface area contributed by atoms with Crippen molar-refractivity contribution in [1.29, 1.82) is 0 Å². The number of hydrogen-bond acceptors (Lipinski definition) is 3. The van der Waals surface area contributed by atoms with Gasteiger partial charge in [-0.1, -0.05) is 72.1 Å². The van der Waals surface area contributed by atoms with Gasteiger partial charge in [-0.3, -0.25) is 9.59 Å². The highest BCUT2D eigenvalue weighted by atomic mass is 16.4. The van der Waals surface area contributed by atoms with Crippen molar-refractivity contribution in [2.45, 2.75) is 97.4 Å². The molecule has 0 aromatic heterocycles. The molecule has 0 bridgehead atoms. The number of unbranched alkanes of at least 4 members (excludes halogenated alkanes) is 8. The zero-order valence-corrected chi connectivity index (χ0v) is 16.6. The molecule has 3 N–H and O–H groups in total. The fraction of sp³-hybridized carbons (Fsp3) is 0.900. The molecule has 0 rings (SSSR count). The van der Waals surface area contributed by atoms with E-state index >= 15 is 0 Å². The largest absolute Gasteiger partial charge is 0.481 e. The molecule has 1 atom stereocenters. The summed E-state index contributed by atoms with van der Waals surface area (Å²) in [4.78, 5) is 22.7. The third kappa shape index (κ3) is 16.1. The van der Waals surface area contributed by atoms with Gasteiger partial charge in [-0.15, -0.1) is 0 Å². The molecule has 25 heavy (non-hydrogen) atoms. The third-order valence-electron chi connectivity index (χ3n) is 4.33. The molecule has 0 radical (unpaired) electrons. The number of aliphatic carboxylic acids is 1. The van der Waals surface area contributed by atoms with Crippen LogP contribution in [0.15, 0.2) is 0 Å². The van der Waals surface area contributed by atoms with Crippen LogP contribution in [0.5, 0.6) is 0 Å². The van der Waals surface area contributed by atoms with E-state index in [1.165, 1.54) is 51.4 Å². The number of rotatable bonds is 17. The Balaban J connectivity index is 3.81. The van der Waals surface area contributed by atoms with Gasteiger partial charge in [0.25, 0.3) is 0 Å². The lowest BCUT2D eigenvalue weighted by atomic mass is 10.0. The average Bonchev–Trinajstić information content (AvgIpc) is 2.54. The van der Waals surface area contributed by atoms with Crippen molar-refractivity contribution in [1.82, 2.24) is 10.6 Å². The van der Waals surface area contributed by atoms with Crippen LogP contribution in [-0.4, -0.2) is 36.1 Å². The molecule has 5 heteroatoms. The Hall–Kier alpha value is -1.10. The second-order valence-corrected chi connectivity index (χ2v) is 7.40. The number of carbonyl (C=O) groups excluding carboxylic acids is 1. The highest BCUT2D eigenvalue weighted by molar-refractivity contribution is 5.82. The average molecular weight is 357 g/mol. The van der Waals surface area contributed by atoms with Crippen LogP contribution in [0, 0.1) is 5.92 Å². The minimum atomic E-state index is -0.886. The van der Waals surface area contributed by atoms with Crippen LogP contribution in [0.4, 0.5) is 0 Å². The second-order valence-electron chi connectivity index (χ2n) is 7.40. The predicted molar refractivity (Wildman–Crippen MR) is 104 cm³/mol. The van der Waals surface area contributed by atoms with E-state index in [9.17, 15) is 9.59 Å². The molecule has 0 aromatic rings. The van der Waals surface area contributed by atoms with Crippen LogP contribution < -0.4 is 10.6 Å². The van der Waals surface area contributed by atoms with Gasteiger partial charge in [0, 0.05) is 6.54 Å². The Kier molecular flexibility index (Phi) is 15.7. The highest BCUT2D eigenvalue weighted by Gasteiger charge is 2.18. The number of carboxylic acid groups (broad SMARTS) is 1. The Morgan fingerprint density at radius 2 is 1.44 bits per heavy atom. The maximum absolute atomic E-state index is 12.2. The first-order chi connectivity index (χ1) is 12.0. The summed E-state index contributed by atoms with van der Waals surface area (Å²) in [7, 11) is 0. The summed E-state index contributed by atoms with van der Waals surface area (Å²) in [6.45, 7) is 7.48. The molecule has 0 saturated heterocycles. The van der Waals surface area contributed by atoms with E-state index in [1.54, 1.807) is 0 Å². The van der Waals surface area contributed by atoms with Crippen LogP contribution in [0.2, 0.25) is 0 Å². The Morgan fingerprint density at radius 3 is 1.96 bits per heavy atom. The maximum Gasteiger partial charge on any atom is 0.305 e. The second kappa shape index (κ2) is 16.4. The topological polar surface area (TPSA) is 78.4 Å². The molecule has 0 aliphatic rings. The van der Waals surface area contributed by atoms with Gasteiger partial charge in [-0.25, -0.2) is 0 Å².